The van der Waals surface area contributed by atoms with Crippen LogP contribution in [0.3, 0.4) is 0 Å². The molecule has 1 aliphatic heterocycles. The molecule has 0 aliphatic carbocycles. The van der Waals surface area contributed by atoms with Gasteiger partial charge in [0.05, 0.1) is 11.7 Å². The van der Waals surface area contributed by atoms with E-state index in [-0.39, 0.29) is 11.9 Å². The van der Waals surface area contributed by atoms with Crippen molar-refractivity contribution in [2.45, 2.75) is 39.7 Å². The summed E-state index contributed by atoms with van der Waals surface area (Å²) in [5, 5.41) is 2.99. The molecule has 1 amide bonds. The molecule has 1 aromatic heterocycles. The maximum absolute atomic E-state index is 11.7. The van der Waals surface area contributed by atoms with E-state index in [2.05, 4.69) is 10.3 Å². The summed E-state index contributed by atoms with van der Waals surface area (Å²) in [5.74, 6) is 0.0415. The van der Waals surface area contributed by atoms with E-state index in [1.807, 2.05) is 26.8 Å². The quantitative estimate of drug-likeness (QED) is 0.797. The summed E-state index contributed by atoms with van der Waals surface area (Å²) in [7, 11) is 0. The highest BCUT2D eigenvalue weighted by atomic mass is 16.2. The first-order valence-electron chi connectivity index (χ1n) is 6.21. The van der Waals surface area contributed by atoms with Crippen LogP contribution in [0.5, 0.6) is 0 Å². The van der Waals surface area contributed by atoms with E-state index in [1.54, 1.807) is 0 Å². The average Bonchev–Trinajstić information content (AvgIpc) is 2.82. The van der Waals surface area contributed by atoms with Gasteiger partial charge in [-0.15, -0.1) is 0 Å². The van der Waals surface area contributed by atoms with Crippen LogP contribution in [0.1, 0.15) is 42.0 Å². The van der Waals surface area contributed by atoms with Crippen molar-refractivity contribution in [2.75, 3.05) is 0 Å². The second-order valence-corrected chi connectivity index (χ2v) is 4.75. The third kappa shape index (κ3) is 2.10. The molecule has 0 bridgehead atoms. The number of aromatic amines is 1. The number of amides is 1. The molecule has 4 nitrogen and oxygen atoms in total. The van der Waals surface area contributed by atoms with Crippen LogP contribution in [0.15, 0.2) is 17.2 Å². The van der Waals surface area contributed by atoms with E-state index in [4.69, 9.17) is 0 Å². The average molecular weight is 246 g/mol. The highest BCUT2D eigenvalue weighted by Gasteiger charge is 2.28. The molecule has 0 spiro atoms. The van der Waals surface area contributed by atoms with Crippen molar-refractivity contribution in [1.29, 1.82) is 0 Å². The summed E-state index contributed by atoms with van der Waals surface area (Å²) >= 11 is 0. The van der Waals surface area contributed by atoms with Crippen molar-refractivity contribution in [2.24, 2.45) is 0 Å². The predicted molar refractivity (Wildman–Crippen MR) is 69.5 cm³/mol. The first-order chi connectivity index (χ1) is 8.56. The lowest BCUT2D eigenvalue weighted by Crippen LogP contribution is -2.30. The van der Waals surface area contributed by atoms with E-state index in [0.717, 1.165) is 35.1 Å². The van der Waals surface area contributed by atoms with Gasteiger partial charge in [0, 0.05) is 17.7 Å². The Kier molecular flexibility index (Phi) is 3.36. The van der Waals surface area contributed by atoms with Crippen LogP contribution >= 0.6 is 0 Å². The number of carbonyl (C=O) groups excluding carboxylic acids is 2. The SMILES string of the molecule is CCC1=C(C)C(Cc2[nH]c(C=O)cc2C)NC1=O. The summed E-state index contributed by atoms with van der Waals surface area (Å²) in [6.07, 6.45) is 2.28. The maximum Gasteiger partial charge on any atom is 0.247 e. The molecule has 1 aromatic rings. The minimum Gasteiger partial charge on any atom is -0.356 e. The predicted octanol–water partition coefficient (Wildman–Crippen LogP) is 1.90. The van der Waals surface area contributed by atoms with Crippen LogP contribution < -0.4 is 5.32 Å². The maximum atomic E-state index is 11.7. The Morgan fingerprint density at radius 1 is 1.39 bits per heavy atom. The zero-order valence-corrected chi connectivity index (χ0v) is 11.0. The van der Waals surface area contributed by atoms with Crippen molar-refractivity contribution in [3.05, 3.63) is 34.2 Å². The standard InChI is InChI=1S/C14H18N2O2/c1-4-11-9(3)13(16-14(11)18)6-12-8(2)5-10(7-17)15-12/h5,7,13,15H,4,6H2,1-3H3,(H,16,18). The van der Waals surface area contributed by atoms with Crippen molar-refractivity contribution in [3.8, 4) is 0 Å². The van der Waals surface area contributed by atoms with Crippen LogP contribution in [0, 0.1) is 6.92 Å². The molecule has 1 atom stereocenters. The van der Waals surface area contributed by atoms with Gasteiger partial charge in [-0.25, -0.2) is 0 Å². The number of aromatic nitrogens is 1. The minimum atomic E-state index is 0.0415. The number of rotatable bonds is 4. The molecule has 4 heteroatoms. The van der Waals surface area contributed by atoms with E-state index >= 15 is 0 Å². The molecule has 1 unspecified atom stereocenters. The van der Waals surface area contributed by atoms with E-state index in [0.29, 0.717) is 12.1 Å². The lowest BCUT2D eigenvalue weighted by atomic mass is 10.0. The van der Waals surface area contributed by atoms with Gasteiger partial charge >= 0.3 is 0 Å². The van der Waals surface area contributed by atoms with Gasteiger partial charge in [0.15, 0.2) is 6.29 Å². The van der Waals surface area contributed by atoms with Crippen LogP contribution in [0.2, 0.25) is 0 Å². The van der Waals surface area contributed by atoms with Crippen LogP contribution in [-0.2, 0) is 11.2 Å². The molecule has 2 rings (SSSR count). The van der Waals surface area contributed by atoms with Crippen molar-refractivity contribution >= 4 is 12.2 Å². The molecule has 1 aliphatic rings. The molecule has 18 heavy (non-hydrogen) atoms. The van der Waals surface area contributed by atoms with Gasteiger partial charge in [0.25, 0.3) is 0 Å². The van der Waals surface area contributed by atoms with Gasteiger partial charge in [-0.05, 0) is 37.5 Å². The van der Waals surface area contributed by atoms with E-state index in [1.165, 1.54) is 0 Å². The molecule has 0 aromatic carbocycles. The monoisotopic (exact) mass is 246 g/mol. The van der Waals surface area contributed by atoms with Gasteiger partial charge < -0.3 is 10.3 Å². The fraction of sp³-hybridized carbons (Fsp3) is 0.429. The fourth-order valence-corrected chi connectivity index (χ4v) is 2.50. The minimum absolute atomic E-state index is 0.0415. The Balaban J connectivity index is 2.20. The molecule has 0 saturated heterocycles. The summed E-state index contributed by atoms with van der Waals surface area (Å²) in [6.45, 7) is 5.96. The first-order valence-corrected chi connectivity index (χ1v) is 6.21. The third-order valence-corrected chi connectivity index (χ3v) is 3.61. The molecule has 2 N–H and O–H groups in total. The Morgan fingerprint density at radius 3 is 2.61 bits per heavy atom. The van der Waals surface area contributed by atoms with Gasteiger partial charge in [-0.2, -0.15) is 0 Å². The number of aldehydes is 1. The van der Waals surface area contributed by atoms with E-state index < -0.39 is 0 Å². The van der Waals surface area contributed by atoms with Gasteiger partial charge in [-0.3, -0.25) is 9.59 Å². The number of aryl methyl sites for hydroxylation is 1. The topological polar surface area (TPSA) is 62.0 Å². The lowest BCUT2D eigenvalue weighted by Gasteiger charge is -2.12. The zero-order chi connectivity index (χ0) is 13.3. The lowest BCUT2D eigenvalue weighted by molar-refractivity contribution is -0.117. The molecule has 2 heterocycles. The number of hydrogen-bond donors (Lipinski definition) is 2. The molecule has 0 saturated carbocycles. The number of carbonyl (C=O) groups is 2. The molecular formula is C14H18N2O2. The smallest absolute Gasteiger partial charge is 0.247 e. The van der Waals surface area contributed by atoms with Gasteiger partial charge in [-0.1, -0.05) is 6.92 Å². The van der Waals surface area contributed by atoms with Crippen LogP contribution in [-0.4, -0.2) is 23.2 Å². The Labute approximate surface area is 106 Å². The van der Waals surface area contributed by atoms with Gasteiger partial charge in [0.1, 0.15) is 0 Å². The Hall–Kier alpha value is -1.84. The molecular weight excluding hydrogens is 228 g/mol. The molecule has 96 valence electrons. The molecule has 0 radical (unpaired) electrons. The second kappa shape index (κ2) is 4.80. The van der Waals surface area contributed by atoms with E-state index in [9.17, 15) is 9.59 Å². The highest BCUT2D eigenvalue weighted by Crippen LogP contribution is 2.23. The van der Waals surface area contributed by atoms with Gasteiger partial charge in [0.2, 0.25) is 5.91 Å². The normalized spacial score (nSPS) is 19.3. The largest absolute Gasteiger partial charge is 0.356 e. The zero-order valence-electron chi connectivity index (χ0n) is 11.0. The van der Waals surface area contributed by atoms with Crippen molar-refractivity contribution in [3.63, 3.8) is 0 Å². The number of hydrogen-bond acceptors (Lipinski definition) is 2. The van der Waals surface area contributed by atoms with Crippen molar-refractivity contribution in [1.82, 2.24) is 10.3 Å². The highest BCUT2D eigenvalue weighted by molar-refractivity contribution is 5.97. The Morgan fingerprint density at radius 2 is 2.11 bits per heavy atom. The first kappa shape index (κ1) is 12.6. The van der Waals surface area contributed by atoms with Crippen LogP contribution in [0.4, 0.5) is 0 Å². The number of nitrogens with one attached hydrogen (secondary N) is 2. The second-order valence-electron chi connectivity index (χ2n) is 4.75. The fourth-order valence-electron chi connectivity index (χ4n) is 2.50. The summed E-state index contributed by atoms with van der Waals surface area (Å²) < 4.78 is 0. The van der Waals surface area contributed by atoms with Crippen molar-refractivity contribution < 1.29 is 9.59 Å². The summed E-state index contributed by atoms with van der Waals surface area (Å²) in [6, 6.07) is 1.88. The van der Waals surface area contributed by atoms with Crippen LogP contribution in [0.25, 0.3) is 0 Å². The summed E-state index contributed by atoms with van der Waals surface area (Å²) in [5.41, 5.74) is 4.66. The number of H-pyrrole nitrogens is 1. The Bertz CT molecular complexity index is 526. The third-order valence-electron chi connectivity index (χ3n) is 3.61. The molecule has 0 fully saturated rings. The summed E-state index contributed by atoms with van der Waals surface area (Å²) in [4.78, 5) is 25.5.